The van der Waals surface area contributed by atoms with E-state index < -0.39 is 0 Å². The summed E-state index contributed by atoms with van der Waals surface area (Å²) in [5.41, 5.74) is 1.95. The Morgan fingerprint density at radius 3 is 3.25 bits per heavy atom. The molecule has 0 saturated heterocycles. The molecule has 0 N–H and O–H groups in total. The van der Waals surface area contributed by atoms with Gasteiger partial charge in [-0.3, -0.25) is 4.99 Å². The van der Waals surface area contributed by atoms with Gasteiger partial charge < -0.3 is 0 Å². The van der Waals surface area contributed by atoms with E-state index in [-0.39, 0.29) is 6.04 Å². The van der Waals surface area contributed by atoms with Crippen LogP contribution in [0, 0.1) is 0 Å². The normalized spacial score (nSPS) is 20.7. The summed E-state index contributed by atoms with van der Waals surface area (Å²) in [7, 11) is 0. The quantitative estimate of drug-likeness (QED) is 0.600. The molecule has 4 heteroatoms. The molecule has 1 unspecified atom stereocenters. The van der Waals surface area contributed by atoms with Crippen molar-refractivity contribution in [1.29, 1.82) is 0 Å². The van der Waals surface area contributed by atoms with Gasteiger partial charge in [-0.15, -0.1) is 0 Å². The van der Waals surface area contributed by atoms with Crippen molar-refractivity contribution in [1.82, 2.24) is 9.19 Å². The van der Waals surface area contributed by atoms with Crippen LogP contribution >= 0.6 is 12.8 Å². The van der Waals surface area contributed by atoms with Gasteiger partial charge in [0.1, 0.15) is 0 Å². The molecule has 0 aliphatic carbocycles. The first kappa shape index (κ1) is 7.61. The summed E-state index contributed by atoms with van der Waals surface area (Å²) in [5.74, 6) is 0. The summed E-state index contributed by atoms with van der Waals surface area (Å²) in [4.78, 5) is 4.28. The Balaban J connectivity index is 2.49. The summed E-state index contributed by atoms with van der Waals surface area (Å²) in [5, 5.41) is 4.15. The number of nitrogens with zero attached hydrogens (tertiary/aromatic N) is 3. The largest absolute Gasteiger partial charge is 0.285 e. The van der Waals surface area contributed by atoms with Crippen LogP contribution < -0.4 is 0 Å². The van der Waals surface area contributed by atoms with Crippen molar-refractivity contribution < 1.29 is 0 Å². The average Bonchev–Trinajstić information content (AvgIpc) is 2.31. The Hall–Kier alpha value is -1.03. The lowest BCUT2D eigenvalue weighted by atomic mass is 10.2. The molecule has 1 aromatic heterocycles. The topological polar surface area (TPSA) is 30.2 Å². The predicted molar refractivity (Wildman–Crippen MR) is 52.7 cm³/mol. The third kappa shape index (κ3) is 1.30. The summed E-state index contributed by atoms with van der Waals surface area (Å²) < 4.78 is 1.50. The van der Waals surface area contributed by atoms with Gasteiger partial charge in [-0.05, 0) is 25.8 Å². The SMILES string of the molecule is CC1C=Cc2nn(S)cc2C=N1. The van der Waals surface area contributed by atoms with E-state index in [4.69, 9.17) is 0 Å². The number of rotatable bonds is 0. The Morgan fingerprint density at radius 1 is 1.58 bits per heavy atom. The van der Waals surface area contributed by atoms with Crippen molar-refractivity contribution in [3.8, 4) is 0 Å². The van der Waals surface area contributed by atoms with E-state index in [0.29, 0.717) is 0 Å². The van der Waals surface area contributed by atoms with Crippen molar-refractivity contribution in [2.75, 3.05) is 0 Å². The Kier molecular flexibility index (Phi) is 1.77. The summed E-state index contributed by atoms with van der Waals surface area (Å²) in [6.07, 6.45) is 7.66. The zero-order valence-electron chi connectivity index (χ0n) is 6.68. The number of hydrogen-bond acceptors (Lipinski definition) is 3. The molecule has 2 rings (SSSR count). The molecule has 0 saturated carbocycles. The number of hydrogen-bond donors (Lipinski definition) is 1. The van der Waals surface area contributed by atoms with E-state index >= 15 is 0 Å². The molecule has 0 bridgehead atoms. The highest BCUT2D eigenvalue weighted by atomic mass is 32.1. The number of aliphatic imine (C=N–C) groups is 1. The lowest BCUT2D eigenvalue weighted by Crippen LogP contribution is -1.89. The van der Waals surface area contributed by atoms with Crippen molar-refractivity contribution in [2.45, 2.75) is 13.0 Å². The summed E-state index contributed by atoms with van der Waals surface area (Å²) in [6, 6.07) is 0.243. The van der Waals surface area contributed by atoms with E-state index in [1.54, 1.807) is 0 Å². The van der Waals surface area contributed by atoms with Gasteiger partial charge in [-0.2, -0.15) is 5.10 Å². The van der Waals surface area contributed by atoms with E-state index in [0.717, 1.165) is 11.3 Å². The van der Waals surface area contributed by atoms with Crippen LogP contribution in [-0.2, 0) is 0 Å². The smallest absolute Gasteiger partial charge is 0.0946 e. The first-order valence-corrected chi connectivity index (χ1v) is 4.16. The molecule has 62 valence electrons. The van der Waals surface area contributed by atoms with Crippen molar-refractivity contribution >= 4 is 25.1 Å². The van der Waals surface area contributed by atoms with Gasteiger partial charge in [-0.1, -0.05) is 6.08 Å². The van der Waals surface area contributed by atoms with Crippen molar-refractivity contribution in [3.63, 3.8) is 0 Å². The van der Waals surface area contributed by atoms with Crippen LogP contribution in [0.4, 0.5) is 0 Å². The van der Waals surface area contributed by atoms with Crippen molar-refractivity contribution in [2.24, 2.45) is 4.99 Å². The maximum atomic E-state index is 4.28. The first-order chi connectivity index (χ1) is 5.75. The van der Waals surface area contributed by atoms with Gasteiger partial charge in [0.05, 0.1) is 11.7 Å². The number of thiol groups is 1. The van der Waals surface area contributed by atoms with E-state index in [2.05, 4.69) is 22.9 Å². The molecule has 2 heterocycles. The van der Waals surface area contributed by atoms with E-state index in [9.17, 15) is 0 Å². The highest BCUT2D eigenvalue weighted by molar-refractivity contribution is 7.78. The molecule has 3 nitrogen and oxygen atoms in total. The number of fused-ring (bicyclic) bond motifs is 1. The maximum Gasteiger partial charge on any atom is 0.0946 e. The molecule has 0 spiro atoms. The highest BCUT2D eigenvalue weighted by Gasteiger charge is 2.06. The van der Waals surface area contributed by atoms with Gasteiger partial charge in [0, 0.05) is 18.0 Å². The third-order valence-corrected chi connectivity index (χ3v) is 1.95. The fourth-order valence-corrected chi connectivity index (χ4v) is 1.32. The van der Waals surface area contributed by atoms with Crippen LogP contribution in [0.2, 0.25) is 0 Å². The minimum absolute atomic E-state index is 0.243. The van der Waals surface area contributed by atoms with Gasteiger partial charge in [0.2, 0.25) is 0 Å². The molecule has 0 radical (unpaired) electrons. The Bertz CT molecular complexity index is 320. The molecule has 1 aromatic rings. The van der Waals surface area contributed by atoms with Crippen LogP contribution in [0.15, 0.2) is 17.3 Å². The highest BCUT2D eigenvalue weighted by Crippen LogP contribution is 2.12. The fourth-order valence-electron chi connectivity index (χ4n) is 1.09. The standard InChI is InChI=1S/C8H9N3S/c1-6-2-3-8-7(4-9-6)5-11(12)10-8/h2-6,12H,1H3. The molecule has 1 atom stereocenters. The summed E-state index contributed by atoms with van der Waals surface area (Å²) >= 11 is 4.08. The fraction of sp³-hybridized carbons (Fsp3) is 0.250. The molecule has 12 heavy (non-hydrogen) atoms. The third-order valence-electron chi connectivity index (χ3n) is 1.74. The molecule has 1 aliphatic heterocycles. The van der Waals surface area contributed by atoms with Crippen LogP contribution in [0.25, 0.3) is 6.08 Å². The second-order valence-corrected chi connectivity index (χ2v) is 3.18. The van der Waals surface area contributed by atoms with Crippen molar-refractivity contribution in [3.05, 3.63) is 23.5 Å². The van der Waals surface area contributed by atoms with Gasteiger partial charge in [0.15, 0.2) is 0 Å². The molecular formula is C8H9N3S. The zero-order valence-corrected chi connectivity index (χ0v) is 7.57. The van der Waals surface area contributed by atoms with Crippen LogP contribution in [-0.4, -0.2) is 21.4 Å². The predicted octanol–water partition coefficient (Wildman–Crippen LogP) is 1.41. The minimum atomic E-state index is 0.243. The minimum Gasteiger partial charge on any atom is -0.285 e. The van der Waals surface area contributed by atoms with Crippen LogP contribution in [0.5, 0.6) is 0 Å². The van der Waals surface area contributed by atoms with E-state index in [1.165, 1.54) is 4.09 Å². The second-order valence-electron chi connectivity index (χ2n) is 2.77. The zero-order chi connectivity index (χ0) is 8.55. The monoisotopic (exact) mass is 179 g/mol. The second kappa shape index (κ2) is 2.79. The van der Waals surface area contributed by atoms with E-state index in [1.807, 2.05) is 31.5 Å². The first-order valence-electron chi connectivity index (χ1n) is 3.76. The van der Waals surface area contributed by atoms with Gasteiger partial charge in [-0.25, -0.2) is 4.09 Å². The Morgan fingerprint density at radius 2 is 2.42 bits per heavy atom. The summed E-state index contributed by atoms with van der Waals surface area (Å²) in [6.45, 7) is 2.04. The lowest BCUT2D eigenvalue weighted by molar-refractivity contribution is 0.937. The average molecular weight is 179 g/mol. The van der Waals surface area contributed by atoms with Gasteiger partial charge in [0.25, 0.3) is 0 Å². The molecule has 0 aromatic carbocycles. The molecule has 1 aliphatic rings. The van der Waals surface area contributed by atoms with Crippen LogP contribution in [0.3, 0.4) is 0 Å². The molecule has 0 amide bonds. The number of aromatic nitrogens is 2. The molecule has 0 fully saturated rings. The van der Waals surface area contributed by atoms with Crippen LogP contribution in [0.1, 0.15) is 18.2 Å². The molecular weight excluding hydrogens is 170 g/mol. The lowest BCUT2D eigenvalue weighted by Gasteiger charge is -1.92. The Labute approximate surface area is 76.4 Å². The van der Waals surface area contributed by atoms with Gasteiger partial charge >= 0.3 is 0 Å². The maximum absolute atomic E-state index is 4.28.